The zero-order valence-electron chi connectivity index (χ0n) is 14.7. The van der Waals surface area contributed by atoms with Gasteiger partial charge in [0, 0.05) is 25.7 Å². The highest BCUT2D eigenvalue weighted by molar-refractivity contribution is 5.94. The standard InChI is InChI=1S/C18H26N2O3/c1-12(21)23-11-18(4,5)20-7-6-19-14(16(20)22)8-13-9-17(2,3)10-15(13)19/h8H,6-7,9-11H2,1-5H3. The van der Waals surface area contributed by atoms with E-state index < -0.39 is 5.54 Å². The average Bonchev–Trinajstić information content (AvgIpc) is 2.89. The zero-order valence-corrected chi connectivity index (χ0v) is 14.7. The normalized spacial score (nSPS) is 19.5. The first-order chi connectivity index (χ1) is 10.6. The molecular formula is C18H26N2O3. The summed E-state index contributed by atoms with van der Waals surface area (Å²) in [5.74, 6) is -0.271. The van der Waals surface area contributed by atoms with Crippen LogP contribution in [0.15, 0.2) is 6.07 Å². The van der Waals surface area contributed by atoms with Crippen molar-refractivity contribution in [2.75, 3.05) is 13.2 Å². The van der Waals surface area contributed by atoms with E-state index >= 15 is 0 Å². The van der Waals surface area contributed by atoms with Crippen molar-refractivity contribution in [3.8, 4) is 0 Å². The molecule has 1 aromatic rings. The van der Waals surface area contributed by atoms with E-state index in [9.17, 15) is 9.59 Å². The van der Waals surface area contributed by atoms with Crippen LogP contribution in [0, 0.1) is 5.41 Å². The third kappa shape index (κ3) is 2.77. The van der Waals surface area contributed by atoms with E-state index in [0.717, 1.165) is 25.1 Å². The lowest BCUT2D eigenvalue weighted by molar-refractivity contribution is -0.144. The highest BCUT2D eigenvalue weighted by Crippen LogP contribution is 2.39. The van der Waals surface area contributed by atoms with Gasteiger partial charge in [-0.25, -0.2) is 0 Å². The van der Waals surface area contributed by atoms with Crippen LogP contribution in [0.25, 0.3) is 0 Å². The minimum absolute atomic E-state index is 0.0422. The third-order valence-corrected chi connectivity index (χ3v) is 4.98. The summed E-state index contributed by atoms with van der Waals surface area (Å²) in [5.41, 5.74) is 3.23. The Morgan fingerprint density at radius 2 is 2.00 bits per heavy atom. The van der Waals surface area contributed by atoms with Gasteiger partial charge in [0.15, 0.2) is 0 Å². The maximum atomic E-state index is 12.9. The second kappa shape index (κ2) is 5.11. The lowest BCUT2D eigenvalue weighted by Crippen LogP contribution is -2.54. The number of nitrogens with zero attached hydrogens (tertiary/aromatic N) is 2. The van der Waals surface area contributed by atoms with Gasteiger partial charge in [-0.1, -0.05) is 13.8 Å². The molecule has 0 spiro atoms. The molecule has 0 unspecified atom stereocenters. The minimum atomic E-state index is -0.498. The van der Waals surface area contributed by atoms with Crippen molar-refractivity contribution in [2.24, 2.45) is 5.41 Å². The highest BCUT2D eigenvalue weighted by atomic mass is 16.5. The Kier molecular flexibility index (Phi) is 3.58. The van der Waals surface area contributed by atoms with Gasteiger partial charge in [-0.05, 0) is 43.7 Å². The van der Waals surface area contributed by atoms with Gasteiger partial charge < -0.3 is 14.2 Å². The molecule has 3 rings (SSSR count). The lowest BCUT2D eigenvalue weighted by Gasteiger charge is -2.41. The van der Waals surface area contributed by atoms with Crippen molar-refractivity contribution in [1.82, 2.24) is 9.47 Å². The Bertz CT molecular complexity index is 670. The molecule has 1 aliphatic heterocycles. The molecule has 1 amide bonds. The molecule has 0 radical (unpaired) electrons. The van der Waals surface area contributed by atoms with Crippen LogP contribution in [0.4, 0.5) is 0 Å². The van der Waals surface area contributed by atoms with Gasteiger partial charge in [0.25, 0.3) is 5.91 Å². The summed E-state index contributed by atoms with van der Waals surface area (Å²) in [6, 6.07) is 2.07. The van der Waals surface area contributed by atoms with Gasteiger partial charge in [0.1, 0.15) is 12.3 Å². The number of hydrogen-bond acceptors (Lipinski definition) is 3. The van der Waals surface area contributed by atoms with Crippen molar-refractivity contribution in [3.05, 3.63) is 23.0 Å². The molecule has 1 aromatic heterocycles. The van der Waals surface area contributed by atoms with E-state index in [1.54, 1.807) is 0 Å². The molecule has 0 fully saturated rings. The topological polar surface area (TPSA) is 51.5 Å². The number of hydrogen-bond donors (Lipinski definition) is 0. The first-order valence-electron chi connectivity index (χ1n) is 8.27. The number of fused-ring (bicyclic) bond motifs is 3. The number of aromatic nitrogens is 1. The summed E-state index contributed by atoms with van der Waals surface area (Å²) in [5, 5.41) is 0. The van der Waals surface area contributed by atoms with Crippen molar-refractivity contribution < 1.29 is 14.3 Å². The fraction of sp³-hybridized carbons (Fsp3) is 0.667. The maximum Gasteiger partial charge on any atom is 0.302 e. The van der Waals surface area contributed by atoms with Crippen LogP contribution in [0.1, 0.15) is 56.4 Å². The fourth-order valence-corrected chi connectivity index (χ4v) is 3.84. The summed E-state index contributed by atoms with van der Waals surface area (Å²) in [6.45, 7) is 11.5. The molecule has 2 heterocycles. The molecular weight excluding hydrogens is 292 g/mol. The first kappa shape index (κ1) is 16.1. The molecule has 0 saturated heterocycles. The lowest BCUT2D eigenvalue weighted by atomic mass is 9.90. The van der Waals surface area contributed by atoms with E-state index in [1.807, 2.05) is 18.7 Å². The van der Waals surface area contributed by atoms with Crippen LogP contribution in [-0.2, 0) is 28.9 Å². The predicted octanol–water partition coefficient (Wildman–Crippen LogP) is 2.41. The molecule has 5 heteroatoms. The number of rotatable bonds is 3. The average molecular weight is 318 g/mol. The molecule has 0 atom stereocenters. The van der Waals surface area contributed by atoms with Crippen LogP contribution in [0.5, 0.6) is 0 Å². The largest absolute Gasteiger partial charge is 0.463 e. The number of amides is 1. The highest BCUT2D eigenvalue weighted by Gasteiger charge is 2.40. The molecule has 2 aliphatic rings. The molecule has 0 bridgehead atoms. The van der Waals surface area contributed by atoms with Gasteiger partial charge in [0.05, 0.1) is 5.54 Å². The van der Waals surface area contributed by atoms with Crippen LogP contribution < -0.4 is 0 Å². The number of carbonyl (C=O) groups is 2. The monoisotopic (exact) mass is 318 g/mol. The quantitative estimate of drug-likeness (QED) is 0.804. The van der Waals surface area contributed by atoms with E-state index in [0.29, 0.717) is 12.0 Å². The van der Waals surface area contributed by atoms with Gasteiger partial charge in [-0.2, -0.15) is 0 Å². The van der Waals surface area contributed by atoms with E-state index in [-0.39, 0.29) is 18.5 Å². The van der Waals surface area contributed by atoms with Crippen molar-refractivity contribution in [1.29, 1.82) is 0 Å². The summed E-state index contributed by atoms with van der Waals surface area (Å²) in [6.07, 6.45) is 2.07. The summed E-state index contributed by atoms with van der Waals surface area (Å²) >= 11 is 0. The molecule has 126 valence electrons. The molecule has 0 N–H and O–H groups in total. The number of carbonyl (C=O) groups excluding carboxylic acids is 2. The van der Waals surface area contributed by atoms with E-state index in [2.05, 4.69) is 24.5 Å². The van der Waals surface area contributed by atoms with E-state index in [1.165, 1.54) is 18.2 Å². The SMILES string of the molecule is CC(=O)OCC(C)(C)N1CCn2c(cc3c2CC(C)(C)C3)C1=O. The molecule has 23 heavy (non-hydrogen) atoms. The summed E-state index contributed by atoms with van der Waals surface area (Å²) < 4.78 is 7.34. The maximum absolute atomic E-state index is 12.9. The van der Waals surface area contributed by atoms with Gasteiger partial charge in [-0.3, -0.25) is 9.59 Å². The first-order valence-corrected chi connectivity index (χ1v) is 8.27. The Labute approximate surface area is 137 Å². The van der Waals surface area contributed by atoms with Gasteiger partial charge >= 0.3 is 5.97 Å². The Balaban J connectivity index is 1.84. The Morgan fingerprint density at radius 3 is 2.65 bits per heavy atom. The summed E-state index contributed by atoms with van der Waals surface area (Å²) in [4.78, 5) is 25.9. The second-order valence-corrected chi connectivity index (χ2v) is 8.22. The molecule has 5 nitrogen and oxygen atoms in total. The predicted molar refractivity (Wildman–Crippen MR) is 87.4 cm³/mol. The summed E-state index contributed by atoms with van der Waals surface area (Å²) in [7, 11) is 0. The van der Waals surface area contributed by atoms with Crippen LogP contribution in [0.3, 0.4) is 0 Å². The number of esters is 1. The van der Waals surface area contributed by atoms with Crippen molar-refractivity contribution >= 4 is 11.9 Å². The van der Waals surface area contributed by atoms with E-state index in [4.69, 9.17) is 4.74 Å². The van der Waals surface area contributed by atoms with Crippen LogP contribution in [-0.4, -0.2) is 40.0 Å². The van der Waals surface area contributed by atoms with Crippen molar-refractivity contribution in [3.63, 3.8) is 0 Å². The number of ether oxygens (including phenoxy) is 1. The molecule has 1 aliphatic carbocycles. The third-order valence-electron chi connectivity index (χ3n) is 4.98. The molecule has 0 aromatic carbocycles. The fourth-order valence-electron chi connectivity index (χ4n) is 3.84. The Morgan fingerprint density at radius 1 is 1.30 bits per heavy atom. The smallest absolute Gasteiger partial charge is 0.302 e. The van der Waals surface area contributed by atoms with Crippen LogP contribution >= 0.6 is 0 Å². The Hall–Kier alpha value is -1.78. The van der Waals surface area contributed by atoms with Gasteiger partial charge in [0.2, 0.25) is 0 Å². The van der Waals surface area contributed by atoms with Crippen molar-refractivity contribution in [2.45, 2.75) is 59.5 Å². The zero-order chi connectivity index (χ0) is 17.0. The second-order valence-electron chi connectivity index (χ2n) is 8.22. The van der Waals surface area contributed by atoms with Gasteiger partial charge in [-0.15, -0.1) is 0 Å². The minimum Gasteiger partial charge on any atom is -0.463 e. The molecule has 0 saturated carbocycles. The van der Waals surface area contributed by atoms with Crippen LogP contribution in [0.2, 0.25) is 0 Å².